The van der Waals surface area contributed by atoms with E-state index in [9.17, 15) is 0 Å². The molecule has 0 bridgehead atoms. The Kier molecular flexibility index (Phi) is 4.72. The van der Waals surface area contributed by atoms with Crippen LogP contribution in [0.3, 0.4) is 0 Å². The third-order valence-corrected chi connectivity index (χ3v) is 5.03. The van der Waals surface area contributed by atoms with E-state index in [1.54, 1.807) is 11.3 Å². The normalized spacial score (nSPS) is 10.7. The second kappa shape index (κ2) is 6.74. The van der Waals surface area contributed by atoms with Gasteiger partial charge in [-0.05, 0) is 55.0 Å². The molecule has 0 saturated heterocycles. The van der Waals surface area contributed by atoms with Crippen molar-refractivity contribution in [2.45, 2.75) is 13.3 Å². The Morgan fingerprint density at radius 1 is 0.864 bits per heavy atom. The number of anilines is 3. The molecule has 1 heterocycles. The van der Waals surface area contributed by atoms with Crippen LogP contribution in [-0.4, -0.2) is 0 Å². The van der Waals surface area contributed by atoms with Crippen LogP contribution in [0.5, 0.6) is 0 Å². The van der Waals surface area contributed by atoms with Crippen molar-refractivity contribution in [2.24, 2.45) is 0 Å². The summed E-state index contributed by atoms with van der Waals surface area (Å²) in [7, 11) is 0. The fourth-order valence-electron chi connectivity index (χ4n) is 2.31. The van der Waals surface area contributed by atoms with Gasteiger partial charge in [-0.2, -0.15) is 0 Å². The molecule has 0 aliphatic heterocycles. The van der Waals surface area contributed by atoms with E-state index in [1.165, 1.54) is 4.88 Å². The molecular weight excluding hydrogens is 333 g/mol. The van der Waals surface area contributed by atoms with Crippen LogP contribution in [0.2, 0.25) is 10.0 Å². The molecule has 0 N–H and O–H groups in total. The molecule has 2 aromatic carbocycles. The van der Waals surface area contributed by atoms with Crippen LogP contribution < -0.4 is 4.90 Å². The number of thiophene rings is 1. The SMILES string of the molecule is CCc1ccc(N(c2cccc(Cl)c2)c2cccc(Cl)c2)s1. The molecule has 112 valence electrons. The monoisotopic (exact) mass is 347 g/mol. The van der Waals surface area contributed by atoms with Crippen molar-refractivity contribution in [3.05, 3.63) is 75.6 Å². The smallest absolute Gasteiger partial charge is 0.100 e. The van der Waals surface area contributed by atoms with Crippen molar-refractivity contribution in [2.75, 3.05) is 4.90 Å². The van der Waals surface area contributed by atoms with E-state index in [-0.39, 0.29) is 0 Å². The van der Waals surface area contributed by atoms with Gasteiger partial charge in [0, 0.05) is 26.3 Å². The Balaban J connectivity index is 2.13. The third-order valence-electron chi connectivity index (χ3n) is 3.35. The van der Waals surface area contributed by atoms with Crippen LogP contribution in [0.4, 0.5) is 16.4 Å². The van der Waals surface area contributed by atoms with Gasteiger partial charge in [0.2, 0.25) is 0 Å². The maximum atomic E-state index is 6.18. The molecule has 3 aromatic rings. The summed E-state index contributed by atoms with van der Waals surface area (Å²) in [5.74, 6) is 0. The Morgan fingerprint density at radius 3 is 1.91 bits per heavy atom. The summed E-state index contributed by atoms with van der Waals surface area (Å²) < 4.78 is 0. The van der Waals surface area contributed by atoms with Crippen LogP contribution in [0.25, 0.3) is 0 Å². The average molecular weight is 348 g/mol. The first-order valence-electron chi connectivity index (χ1n) is 7.07. The van der Waals surface area contributed by atoms with E-state index in [1.807, 2.05) is 36.4 Å². The first-order chi connectivity index (χ1) is 10.7. The molecule has 1 nitrogen and oxygen atoms in total. The zero-order chi connectivity index (χ0) is 15.5. The first-order valence-corrected chi connectivity index (χ1v) is 8.64. The predicted octanol–water partition coefficient (Wildman–Crippen LogP) is 7.09. The van der Waals surface area contributed by atoms with E-state index in [0.717, 1.165) is 32.8 Å². The maximum Gasteiger partial charge on any atom is 0.100 e. The van der Waals surface area contributed by atoms with Crippen molar-refractivity contribution in [1.29, 1.82) is 0 Å². The van der Waals surface area contributed by atoms with Gasteiger partial charge in [-0.25, -0.2) is 0 Å². The molecule has 3 rings (SSSR count). The minimum absolute atomic E-state index is 0.719. The second-order valence-corrected chi connectivity index (χ2v) is 6.91. The highest BCUT2D eigenvalue weighted by molar-refractivity contribution is 7.16. The van der Waals surface area contributed by atoms with Crippen molar-refractivity contribution < 1.29 is 0 Å². The summed E-state index contributed by atoms with van der Waals surface area (Å²) in [6.07, 6.45) is 1.03. The fourth-order valence-corrected chi connectivity index (χ4v) is 3.67. The molecule has 22 heavy (non-hydrogen) atoms. The second-order valence-electron chi connectivity index (χ2n) is 4.89. The van der Waals surface area contributed by atoms with Gasteiger partial charge in [0.25, 0.3) is 0 Å². The molecule has 0 aliphatic rings. The quantitative estimate of drug-likeness (QED) is 0.486. The minimum atomic E-state index is 0.719. The largest absolute Gasteiger partial charge is 0.302 e. The first kappa shape index (κ1) is 15.4. The molecule has 0 atom stereocenters. The van der Waals surface area contributed by atoms with Crippen LogP contribution in [0.15, 0.2) is 60.7 Å². The predicted molar refractivity (Wildman–Crippen MR) is 98.4 cm³/mol. The number of halogens is 2. The Hall–Kier alpha value is -1.48. The zero-order valence-corrected chi connectivity index (χ0v) is 14.4. The maximum absolute atomic E-state index is 6.18. The van der Waals surface area contributed by atoms with Gasteiger partial charge >= 0.3 is 0 Å². The zero-order valence-electron chi connectivity index (χ0n) is 12.1. The molecule has 4 heteroatoms. The molecule has 0 unspecified atom stereocenters. The molecular formula is C18H15Cl2NS. The molecule has 0 radical (unpaired) electrons. The van der Waals surface area contributed by atoms with E-state index >= 15 is 0 Å². The third kappa shape index (κ3) is 3.30. The highest BCUT2D eigenvalue weighted by Gasteiger charge is 2.15. The lowest BCUT2D eigenvalue weighted by molar-refractivity contribution is 1.19. The molecule has 1 aromatic heterocycles. The molecule has 0 fully saturated rings. The number of rotatable bonds is 4. The van der Waals surface area contributed by atoms with Gasteiger partial charge in [0.1, 0.15) is 5.00 Å². The number of hydrogen-bond donors (Lipinski definition) is 0. The van der Waals surface area contributed by atoms with E-state index < -0.39 is 0 Å². The van der Waals surface area contributed by atoms with Gasteiger partial charge in [-0.15, -0.1) is 11.3 Å². The summed E-state index contributed by atoms with van der Waals surface area (Å²) >= 11 is 14.1. The lowest BCUT2D eigenvalue weighted by Crippen LogP contribution is -2.08. The topological polar surface area (TPSA) is 3.24 Å². The van der Waals surface area contributed by atoms with Crippen LogP contribution in [0.1, 0.15) is 11.8 Å². The van der Waals surface area contributed by atoms with E-state index in [0.29, 0.717) is 0 Å². The molecule has 0 aliphatic carbocycles. The molecule has 0 saturated carbocycles. The molecule has 0 amide bonds. The van der Waals surface area contributed by atoms with Gasteiger partial charge in [0.15, 0.2) is 0 Å². The van der Waals surface area contributed by atoms with Gasteiger partial charge in [0.05, 0.1) is 0 Å². The van der Waals surface area contributed by atoms with Gasteiger partial charge < -0.3 is 4.90 Å². The van der Waals surface area contributed by atoms with Crippen molar-refractivity contribution in [3.63, 3.8) is 0 Å². The Labute approximate surface area is 144 Å². The average Bonchev–Trinajstić information content (AvgIpc) is 2.96. The minimum Gasteiger partial charge on any atom is -0.302 e. The number of hydrogen-bond acceptors (Lipinski definition) is 2. The van der Waals surface area contributed by atoms with Crippen LogP contribution in [-0.2, 0) is 6.42 Å². The van der Waals surface area contributed by atoms with Crippen molar-refractivity contribution in [3.8, 4) is 0 Å². The van der Waals surface area contributed by atoms with E-state index in [2.05, 4.69) is 36.1 Å². The highest BCUT2D eigenvalue weighted by Crippen LogP contribution is 2.40. The summed E-state index contributed by atoms with van der Waals surface area (Å²) in [6, 6.07) is 20.0. The van der Waals surface area contributed by atoms with Crippen molar-refractivity contribution >= 4 is 50.9 Å². The number of aryl methyl sites for hydroxylation is 1. The summed E-state index contributed by atoms with van der Waals surface area (Å²) in [4.78, 5) is 3.53. The highest BCUT2D eigenvalue weighted by atomic mass is 35.5. The summed E-state index contributed by atoms with van der Waals surface area (Å²) in [6.45, 7) is 2.17. The van der Waals surface area contributed by atoms with Gasteiger partial charge in [-0.1, -0.05) is 42.3 Å². The number of benzene rings is 2. The Bertz CT molecular complexity index is 737. The van der Waals surface area contributed by atoms with Crippen LogP contribution in [0, 0.1) is 0 Å². The summed E-state index contributed by atoms with van der Waals surface area (Å²) in [5, 5.41) is 2.59. The lowest BCUT2D eigenvalue weighted by Gasteiger charge is -2.24. The summed E-state index contributed by atoms with van der Waals surface area (Å²) in [5.41, 5.74) is 2.05. The van der Waals surface area contributed by atoms with Gasteiger partial charge in [-0.3, -0.25) is 0 Å². The van der Waals surface area contributed by atoms with Crippen LogP contribution >= 0.6 is 34.5 Å². The van der Waals surface area contributed by atoms with E-state index in [4.69, 9.17) is 23.2 Å². The fraction of sp³-hybridized carbons (Fsp3) is 0.111. The molecule has 0 spiro atoms. The standard InChI is InChI=1S/C18H15Cl2NS/c1-2-17-9-10-18(22-17)21(15-7-3-5-13(19)11-15)16-8-4-6-14(20)12-16/h3-12H,2H2,1H3. The Morgan fingerprint density at radius 2 is 1.45 bits per heavy atom. The lowest BCUT2D eigenvalue weighted by atomic mass is 10.2. The number of nitrogens with zero attached hydrogens (tertiary/aromatic N) is 1. The van der Waals surface area contributed by atoms with Crippen molar-refractivity contribution in [1.82, 2.24) is 0 Å².